The van der Waals surface area contributed by atoms with Crippen molar-refractivity contribution in [3.05, 3.63) is 28.8 Å². The lowest BCUT2D eigenvalue weighted by molar-refractivity contribution is -0.138. The van der Waals surface area contributed by atoms with E-state index in [1.54, 1.807) is 0 Å². The number of primary amides is 1. The Balaban J connectivity index is 2.83. The molecule has 7 nitrogen and oxygen atoms in total. The smallest absolute Gasteiger partial charge is 0.305 e. The first-order valence-corrected chi connectivity index (χ1v) is 5.56. The number of nitrogens with one attached hydrogen (secondary N) is 1. The number of hydrogen-bond donors (Lipinski definition) is 4. The minimum atomic E-state index is -1.19. The molecule has 0 fully saturated rings. The Labute approximate surface area is 113 Å². The van der Waals surface area contributed by atoms with Crippen LogP contribution in [0.25, 0.3) is 0 Å². The van der Waals surface area contributed by atoms with E-state index in [2.05, 4.69) is 5.32 Å². The summed E-state index contributed by atoms with van der Waals surface area (Å²) in [6, 6.07) is 2.93. The van der Waals surface area contributed by atoms with Gasteiger partial charge in [-0.1, -0.05) is 11.6 Å². The third-order valence-corrected chi connectivity index (χ3v) is 2.56. The minimum Gasteiger partial charge on any atom is -0.481 e. The van der Waals surface area contributed by atoms with Crippen LogP contribution in [0, 0.1) is 0 Å². The number of carbonyl (C=O) groups excluding carboxylic acids is 2. The van der Waals surface area contributed by atoms with Crippen molar-refractivity contribution in [2.24, 2.45) is 11.5 Å². The molecule has 1 aromatic rings. The van der Waals surface area contributed by atoms with Crippen LogP contribution in [0.1, 0.15) is 16.8 Å². The molecule has 0 aliphatic carbocycles. The number of aliphatic carboxylic acids is 1. The van der Waals surface area contributed by atoms with Crippen LogP contribution < -0.4 is 16.8 Å². The first-order valence-electron chi connectivity index (χ1n) is 5.19. The van der Waals surface area contributed by atoms with E-state index in [1.165, 1.54) is 18.2 Å². The fourth-order valence-corrected chi connectivity index (χ4v) is 1.52. The number of nitrogens with two attached hydrogens (primary N) is 2. The number of hydrogen-bond acceptors (Lipinski definition) is 4. The van der Waals surface area contributed by atoms with Crippen LogP contribution in [0.4, 0.5) is 5.69 Å². The summed E-state index contributed by atoms with van der Waals surface area (Å²) in [7, 11) is 0. The van der Waals surface area contributed by atoms with E-state index in [0.717, 1.165) is 0 Å². The molecule has 0 aliphatic rings. The highest BCUT2D eigenvalue weighted by molar-refractivity contribution is 6.34. The molecule has 0 saturated heterocycles. The molecule has 2 amide bonds. The van der Waals surface area contributed by atoms with Gasteiger partial charge in [0.1, 0.15) is 0 Å². The number of benzene rings is 1. The summed E-state index contributed by atoms with van der Waals surface area (Å²) in [5.41, 5.74) is 10.8. The average Bonchev–Trinajstić information content (AvgIpc) is 2.30. The molecule has 0 spiro atoms. The Morgan fingerprint density at radius 2 is 2.00 bits per heavy atom. The highest BCUT2D eigenvalue weighted by atomic mass is 35.5. The van der Waals surface area contributed by atoms with Crippen molar-refractivity contribution in [3.63, 3.8) is 0 Å². The Bertz CT molecular complexity index is 533. The topological polar surface area (TPSA) is 136 Å². The van der Waals surface area contributed by atoms with Gasteiger partial charge in [-0.2, -0.15) is 0 Å². The maximum absolute atomic E-state index is 11.6. The third kappa shape index (κ3) is 4.23. The Morgan fingerprint density at radius 3 is 2.53 bits per heavy atom. The van der Waals surface area contributed by atoms with E-state index in [9.17, 15) is 14.4 Å². The van der Waals surface area contributed by atoms with Crippen LogP contribution in [0.15, 0.2) is 18.2 Å². The molecule has 0 radical (unpaired) electrons. The van der Waals surface area contributed by atoms with E-state index >= 15 is 0 Å². The zero-order valence-corrected chi connectivity index (χ0v) is 10.5. The molecule has 0 heterocycles. The summed E-state index contributed by atoms with van der Waals surface area (Å²) in [4.78, 5) is 33.0. The number of anilines is 1. The predicted molar refractivity (Wildman–Crippen MR) is 68.8 cm³/mol. The second-order valence-corrected chi connectivity index (χ2v) is 4.16. The first kappa shape index (κ1) is 14.9. The fraction of sp³-hybridized carbons (Fsp3) is 0.182. The number of carboxylic acid groups (broad SMARTS) is 1. The number of amides is 2. The van der Waals surface area contributed by atoms with E-state index in [1.807, 2.05) is 0 Å². The second kappa shape index (κ2) is 6.17. The van der Waals surface area contributed by atoms with Gasteiger partial charge in [-0.3, -0.25) is 14.4 Å². The quantitative estimate of drug-likeness (QED) is 0.612. The van der Waals surface area contributed by atoms with Crippen LogP contribution in [-0.2, 0) is 9.59 Å². The maximum atomic E-state index is 11.6. The first-order chi connectivity index (χ1) is 8.81. The summed E-state index contributed by atoms with van der Waals surface area (Å²) in [5, 5.41) is 11.0. The van der Waals surface area contributed by atoms with Crippen molar-refractivity contribution in [3.8, 4) is 0 Å². The van der Waals surface area contributed by atoms with E-state index < -0.39 is 30.2 Å². The van der Waals surface area contributed by atoms with E-state index in [4.69, 9.17) is 28.2 Å². The second-order valence-electron chi connectivity index (χ2n) is 3.75. The van der Waals surface area contributed by atoms with Gasteiger partial charge < -0.3 is 21.9 Å². The highest BCUT2D eigenvalue weighted by Gasteiger charge is 2.17. The van der Waals surface area contributed by atoms with Crippen molar-refractivity contribution in [2.75, 3.05) is 5.32 Å². The summed E-state index contributed by atoms with van der Waals surface area (Å²) in [5.74, 6) is -2.60. The summed E-state index contributed by atoms with van der Waals surface area (Å²) >= 11 is 5.74. The van der Waals surface area contributed by atoms with Crippen LogP contribution in [0.5, 0.6) is 0 Å². The van der Waals surface area contributed by atoms with Gasteiger partial charge in [0, 0.05) is 5.69 Å². The lowest BCUT2D eigenvalue weighted by atomic mass is 10.1. The lowest BCUT2D eigenvalue weighted by Gasteiger charge is -2.11. The molecular formula is C11H12ClN3O4. The van der Waals surface area contributed by atoms with E-state index in [-0.39, 0.29) is 16.3 Å². The van der Waals surface area contributed by atoms with Crippen LogP contribution >= 0.6 is 11.6 Å². The van der Waals surface area contributed by atoms with Crippen LogP contribution in [0.3, 0.4) is 0 Å². The Morgan fingerprint density at radius 1 is 1.37 bits per heavy atom. The monoisotopic (exact) mass is 285 g/mol. The molecule has 0 bridgehead atoms. The molecule has 0 aliphatic heterocycles. The van der Waals surface area contributed by atoms with Crippen molar-refractivity contribution >= 4 is 35.1 Å². The molecule has 1 aromatic carbocycles. The third-order valence-electron chi connectivity index (χ3n) is 2.23. The molecule has 1 atom stereocenters. The molecule has 6 N–H and O–H groups in total. The molecular weight excluding hydrogens is 274 g/mol. The van der Waals surface area contributed by atoms with Crippen molar-refractivity contribution in [2.45, 2.75) is 12.5 Å². The standard InChI is InChI=1S/C11H12ClN3O4/c12-7-2-1-5(3-6(7)10(14)18)15-11(19)8(13)4-9(16)17/h1-3,8H,4,13H2,(H2,14,18)(H,15,19)(H,16,17). The summed E-state index contributed by atoms with van der Waals surface area (Å²) in [6.45, 7) is 0. The van der Waals surface area contributed by atoms with Crippen molar-refractivity contribution < 1.29 is 19.5 Å². The van der Waals surface area contributed by atoms with Gasteiger partial charge in [0.25, 0.3) is 0 Å². The molecule has 19 heavy (non-hydrogen) atoms. The summed E-state index contributed by atoms with van der Waals surface area (Å²) < 4.78 is 0. The van der Waals surface area contributed by atoms with Crippen molar-refractivity contribution in [1.82, 2.24) is 0 Å². The molecule has 1 rings (SSSR count). The maximum Gasteiger partial charge on any atom is 0.305 e. The summed E-state index contributed by atoms with van der Waals surface area (Å²) in [6.07, 6.45) is -0.498. The van der Waals surface area contributed by atoms with Crippen LogP contribution in [0.2, 0.25) is 5.02 Å². The van der Waals surface area contributed by atoms with Gasteiger partial charge >= 0.3 is 5.97 Å². The molecule has 8 heteroatoms. The molecule has 1 unspecified atom stereocenters. The molecule has 0 aromatic heterocycles. The molecule has 102 valence electrons. The normalized spacial score (nSPS) is 11.7. The Kier molecular flexibility index (Phi) is 4.85. The minimum absolute atomic E-state index is 0.0475. The number of rotatable bonds is 5. The van der Waals surface area contributed by atoms with Gasteiger partial charge in [-0.05, 0) is 18.2 Å². The van der Waals surface area contributed by atoms with E-state index in [0.29, 0.717) is 0 Å². The van der Waals surface area contributed by atoms with Gasteiger partial charge in [0.15, 0.2) is 0 Å². The van der Waals surface area contributed by atoms with Gasteiger partial charge in [-0.15, -0.1) is 0 Å². The average molecular weight is 286 g/mol. The van der Waals surface area contributed by atoms with Crippen LogP contribution in [-0.4, -0.2) is 28.9 Å². The molecule has 0 saturated carbocycles. The SMILES string of the molecule is NC(=O)c1cc(NC(=O)C(N)CC(=O)O)ccc1Cl. The highest BCUT2D eigenvalue weighted by Crippen LogP contribution is 2.20. The zero-order valence-electron chi connectivity index (χ0n) is 9.72. The fourth-order valence-electron chi connectivity index (χ4n) is 1.31. The lowest BCUT2D eigenvalue weighted by Crippen LogP contribution is -2.37. The number of halogens is 1. The van der Waals surface area contributed by atoms with Gasteiger partial charge in [-0.25, -0.2) is 0 Å². The number of carboxylic acids is 1. The number of carbonyl (C=O) groups is 3. The van der Waals surface area contributed by atoms with Gasteiger partial charge in [0.05, 0.1) is 23.0 Å². The van der Waals surface area contributed by atoms with Crippen molar-refractivity contribution in [1.29, 1.82) is 0 Å². The van der Waals surface area contributed by atoms with Gasteiger partial charge in [0.2, 0.25) is 11.8 Å². The predicted octanol–water partition coefficient (Wildman–Crippen LogP) is 0.179. The zero-order chi connectivity index (χ0) is 14.6. The largest absolute Gasteiger partial charge is 0.481 e. The Hall–Kier alpha value is -2.12.